The van der Waals surface area contributed by atoms with Crippen molar-refractivity contribution in [3.8, 4) is 0 Å². The SMILES string of the molecule is Cc1cc(F)ccc1CNc1cc(Cl)cc(C(F)(F)F)c1. The van der Waals surface area contributed by atoms with E-state index in [0.717, 1.165) is 23.3 Å². The molecule has 21 heavy (non-hydrogen) atoms. The number of hydrogen-bond acceptors (Lipinski definition) is 1. The summed E-state index contributed by atoms with van der Waals surface area (Å²) in [5, 5.41) is 2.87. The molecule has 0 spiro atoms. The van der Waals surface area contributed by atoms with E-state index in [-0.39, 0.29) is 23.1 Å². The van der Waals surface area contributed by atoms with Gasteiger partial charge in [0.05, 0.1) is 5.56 Å². The molecule has 0 fully saturated rings. The maximum Gasteiger partial charge on any atom is 0.416 e. The van der Waals surface area contributed by atoms with Gasteiger partial charge in [-0.05, 0) is 48.4 Å². The highest BCUT2D eigenvalue weighted by molar-refractivity contribution is 6.30. The van der Waals surface area contributed by atoms with Gasteiger partial charge in [0.1, 0.15) is 5.82 Å². The molecule has 0 saturated heterocycles. The van der Waals surface area contributed by atoms with Gasteiger partial charge in [-0.15, -0.1) is 0 Å². The maximum absolute atomic E-state index is 13.0. The summed E-state index contributed by atoms with van der Waals surface area (Å²) < 4.78 is 51.1. The molecule has 2 aromatic carbocycles. The van der Waals surface area contributed by atoms with Crippen LogP contribution in [0.4, 0.5) is 23.2 Å². The number of hydrogen-bond donors (Lipinski definition) is 1. The highest BCUT2D eigenvalue weighted by Gasteiger charge is 2.31. The van der Waals surface area contributed by atoms with E-state index in [1.54, 1.807) is 13.0 Å². The van der Waals surface area contributed by atoms with Crippen molar-refractivity contribution in [1.29, 1.82) is 0 Å². The molecule has 2 rings (SSSR count). The Morgan fingerprint density at radius 1 is 1.10 bits per heavy atom. The second-order valence-corrected chi connectivity index (χ2v) is 5.09. The second kappa shape index (κ2) is 5.93. The fourth-order valence-corrected chi connectivity index (χ4v) is 2.15. The largest absolute Gasteiger partial charge is 0.416 e. The molecule has 0 heterocycles. The minimum Gasteiger partial charge on any atom is -0.381 e. The van der Waals surface area contributed by atoms with Gasteiger partial charge in [0.2, 0.25) is 0 Å². The van der Waals surface area contributed by atoms with E-state index >= 15 is 0 Å². The van der Waals surface area contributed by atoms with Crippen molar-refractivity contribution in [3.05, 3.63) is 63.9 Å². The molecule has 0 amide bonds. The molecule has 0 atom stereocenters. The van der Waals surface area contributed by atoms with E-state index in [4.69, 9.17) is 11.6 Å². The maximum atomic E-state index is 13.0. The van der Waals surface area contributed by atoms with E-state index in [9.17, 15) is 17.6 Å². The molecule has 0 aliphatic heterocycles. The minimum atomic E-state index is -4.45. The van der Waals surface area contributed by atoms with Gasteiger partial charge in [-0.25, -0.2) is 4.39 Å². The van der Waals surface area contributed by atoms with Crippen LogP contribution in [0.2, 0.25) is 5.02 Å². The quantitative estimate of drug-likeness (QED) is 0.745. The fraction of sp³-hybridized carbons (Fsp3) is 0.200. The Morgan fingerprint density at radius 2 is 1.81 bits per heavy atom. The number of alkyl halides is 3. The summed E-state index contributed by atoms with van der Waals surface area (Å²) in [4.78, 5) is 0. The molecule has 0 unspecified atom stereocenters. The van der Waals surface area contributed by atoms with E-state index in [2.05, 4.69) is 5.32 Å². The van der Waals surface area contributed by atoms with Gasteiger partial charge in [-0.2, -0.15) is 13.2 Å². The van der Waals surface area contributed by atoms with E-state index in [1.165, 1.54) is 18.2 Å². The molecule has 1 N–H and O–H groups in total. The van der Waals surface area contributed by atoms with Crippen LogP contribution in [-0.4, -0.2) is 0 Å². The van der Waals surface area contributed by atoms with Gasteiger partial charge >= 0.3 is 6.18 Å². The lowest BCUT2D eigenvalue weighted by Crippen LogP contribution is -2.07. The van der Waals surface area contributed by atoms with Crippen molar-refractivity contribution in [3.63, 3.8) is 0 Å². The summed E-state index contributed by atoms with van der Waals surface area (Å²) in [6.45, 7) is 2.02. The van der Waals surface area contributed by atoms with Crippen LogP contribution in [0.1, 0.15) is 16.7 Å². The zero-order valence-electron chi connectivity index (χ0n) is 11.1. The lowest BCUT2D eigenvalue weighted by atomic mass is 10.1. The lowest BCUT2D eigenvalue weighted by Gasteiger charge is -2.13. The molecule has 2 aromatic rings. The normalized spacial score (nSPS) is 11.5. The summed E-state index contributed by atoms with van der Waals surface area (Å²) in [6.07, 6.45) is -4.45. The van der Waals surface area contributed by atoms with Crippen LogP contribution >= 0.6 is 11.6 Å². The Morgan fingerprint density at radius 3 is 2.43 bits per heavy atom. The Labute approximate surface area is 124 Å². The highest BCUT2D eigenvalue weighted by atomic mass is 35.5. The van der Waals surface area contributed by atoms with E-state index in [1.807, 2.05) is 0 Å². The van der Waals surface area contributed by atoms with Gasteiger partial charge in [0, 0.05) is 17.3 Å². The third-order valence-corrected chi connectivity index (χ3v) is 3.23. The number of nitrogens with one attached hydrogen (secondary N) is 1. The van der Waals surface area contributed by atoms with Crippen LogP contribution in [0.25, 0.3) is 0 Å². The van der Waals surface area contributed by atoms with Crippen LogP contribution in [-0.2, 0) is 12.7 Å². The van der Waals surface area contributed by atoms with E-state index < -0.39 is 11.7 Å². The number of benzene rings is 2. The summed E-state index contributed by atoms with van der Waals surface area (Å²) in [6, 6.07) is 7.54. The summed E-state index contributed by atoms with van der Waals surface area (Å²) >= 11 is 5.70. The van der Waals surface area contributed by atoms with Gasteiger partial charge in [-0.3, -0.25) is 0 Å². The van der Waals surface area contributed by atoms with Gasteiger partial charge in [0.15, 0.2) is 0 Å². The molecular formula is C15H12ClF4N. The van der Waals surface area contributed by atoms with Crippen LogP contribution in [0.15, 0.2) is 36.4 Å². The fourth-order valence-electron chi connectivity index (χ4n) is 1.91. The smallest absolute Gasteiger partial charge is 0.381 e. The van der Waals surface area contributed by atoms with Crippen molar-refractivity contribution in [1.82, 2.24) is 0 Å². The predicted octanol–water partition coefficient (Wildman–Crippen LogP) is 5.42. The van der Waals surface area contributed by atoms with Crippen molar-refractivity contribution < 1.29 is 17.6 Å². The number of aryl methyl sites for hydroxylation is 1. The van der Waals surface area contributed by atoms with Crippen molar-refractivity contribution in [2.75, 3.05) is 5.32 Å². The summed E-state index contributed by atoms with van der Waals surface area (Å²) in [7, 11) is 0. The number of rotatable bonds is 3. The standard InChI is InChI=1S/C15H12ClF4N/c1-9-4-13(17)3-2-10(9)8-21-14-6-11(15(18,19)20)5-12(16)7-14/h2-7,21H,8H2,1H3. The van der Waals surface area contributed by atoms with E-state index in [0.29, 0.717) is 0 Å². The first-order valence-corrected chi connectivity index (χ1v) is 6.50. The molecule has 6 heteroatoms. The van der Waals surface area contributed by atoms with Crippen molar-refractivity contribution in [2.45, 2.75) is 19.6 Å². The topological polar surface area (TPSA) is 12.0 Å². The highest BCUT2D eigenvalue weighted by Crippen LogP contribution is 2.33. The molecule has 0 aromatic heterocycles. The Balaban J connectivity index is 2.18. The molecule has 0 radical (unpaired) electrons. The number of anilines is 1. The average Bonchev–Trinajstić information content (AvgIpc) is 2.36. The van der Waals surface area contributed by atoms with Gasteiger partial charge in [0.25, 0.3) is 0 Å². The molecule has 0 aliphatic carbocycles. The zero-order chi connectivity index (χ0) is 15.6. The average molecular weight is 318 g/mol. The second-order valence-electron chi connectivity index (χ2n) is 4.65. The first-order valence-electron chi connectivity index (χ1n) is 6.12. The van der Waals surface area contributed by atoms with Crippen LogP contribution < -0.4 is 5.32 Å². The first-order chi connectivity index (χ1) is 9.75. The Hall–Kier alpha value is -1.75. The first kappa shape index (κ1) is 15.6. The van der Waals surface area contributed by atoms with Gasteiger partial charge in [-0.1, -0.05) is 17.7 Å². The lowest BCUT2D eigenvalue weighted by molar-refractivity contribution is -0.137. The monoisotopic (exact) mass is 317 g/mol. The van der Waals surface area contributed by atoms with Crippen molar-refractivity contribution >= 4 is 17.3 Å². The third kappa shape index (κ3) is 4.11. The summed E-state index contributed by atoms with van der Waals surface area (Å²) in [5.41, 5.74) is 0.970. The number of halogens is 5. The molecule has 0 aliphatic rings. The molecule has 112 valence electrons. The summed E-state index contributed by atoms with van der Waals surface area (Å²) in [5.74, 6) is -0.349. The van der Waals surface area contributed by atoms with Crippen LogP contribution in [0.3, 0.4) is 0 Å². The van der Waals surface area contributed by atoms with Crippen LogP contribution in [0, 0.1) is 12.7 Å². The Bertz CT molecular complexity index is 653. The predicted molar refractivity (Wildman–Crippen MR) is 74.9 cm³/mol. The Kier molecular flexibility index (Phi) is 4.42. The van der Waals surface area contributed by atoms with Crippen LogP contribution in [0.5, 0.6) is 0 Å². The minimum absolute atomic E-state index is 0.00292. The molecule has 1 nitrogen and oxygen atoms in total. The van der Waals surface area contributed by atoms with Crippen molar-refractivity contribution in [2.24, 2.45) is 0 Å². The zero-order valence-corrected chi connectivity index (χ0v) is 11.8. The third-order valence-electron chi connectivity index (χ3n) is 3.01. The molecular weight excluding hydrogens is 306 g/mol. The molecule has 0 saturated carbocycles. The molecule has 0 bridgehead atoms. The van der Waals surface area contributed by atoms with Gasteiger partial charge < -0.3 is 5.32 Å².